The predicted molar refractivity (Wildman–Crippen MR) is 80.9 cm³/mol. The lowest BCUT2D eigenvalue weighted by Crippen LogP contribution is -2.15. The molecule has 0 aromatic carbocycles. The number of fused-ring (bicyclic) bond motifs is 1. The van der Waals surface area contributed by atoms with Gasteiger partial charge in [0.1, 0.15) is 16.5 Å². The molecule has 0 aliphatic carbocycles. The van der Waals surface area contributed by atoms with Gasteiger partial charge in [0.05, 0.1) is 5.39 Å². The summed E-state index contributed by atoms with van der Waals surface area (Å²) in [6.07, 6.45) is 2.68. The molecule has 1 aliphatic heterocycles. The number of anilines is 1. The van der Waals surface area contributed by atoms with Gasteiger partial charge in [-0.2, -0.15) is 11.8 Å². The van der Waals surface area contributed by atoms with Crippen LogP contribution >= 0.6 is 23.1 Å². The molecule has 1 unspecified atom stereocenters. The molecule has 2 aromatic rings. The largest absolute Gasteiger partial charge is 0.368 e. The summed E-state index contributed by atoms with van der Waals surface area (Å²) in [6.45, 7) is 5.11. The molecule has 0 spiro atoms. The van der Waals surface area contributed by atoms with Crippen LogP contribution in [0.2, 0.25) is 0 Å². The number of hydrogen-bond donors (Lipinski definition) is 1. The second-order valence-electron chi connectivity index (χ2n) is 4.73. The maximum absolute atomic E-state index is 4.57. The Morgan fingerprint density at radius 1 is 1.39 bits per heavy atom. The molecule has 2 aromatic heterocycles. The van der Waals surface area contributed by atoms with Crippen LogP contribution in [0.15, 0.2) is 5.38 Å². The Kier molecular flexibility index (Phi) is 3.43. The fraction of sp³-hybridized carbons (Fsp3) is 0.538. The molecule has 3 rings (SSSR count). The van der Waals surface area contributed by atoms with Gasteiger partial charge in [-0.3, -0.25) is 0 Å². The van der Waals surface area contributed by atoms with Gasteiger partial charge in [-0.1, -0.05) is 0 Å². The average Bonchev–Trinajstić information content (AvgIpc) is 2.96. The summed E-state index contributed by atoms with van der Waals surface area (Å²) in [7, 11) is 0. The van der Waals surface area contributed by atoms with Gasteiger partial charge in [0.15, 0.2) is 0 Å². The number of aromatic nitrogens is 2. The van der Waals surface area contributed by atoms with E-state index in [2.05, 4.69) is 39.4 Å². The van der Waals surface area contributed by atoms with Crippen molar-refractivity contribution in [3.8, 4) is 0 Å². The van der Waals surface area contributed by atoms with E-state index in [-0.39, 0.29) is 0 Å². The first-order chi connectivity index (χ1) is 8.74. The van der Waals surface area contributed by atoms with Gasteiger partial charge in [-0.15, -0.1) is 11.3 Å². The first-order valence-electron chi connectivity index (χ1n) is 6.32. The number of thiophene rings is 1. The van der Waals surface area contributed by atoms with Gasteiger partial charge < -0.3 is 5.32 Å². The fourth-order valence-corrected chi connectivity index (χ4v) is 4.50. The van der Waals surface area contributed by atoms with Crippen LogP contribution < -0.4 is 5.32 Å². The van der Waals surface area contributed by atoms with Crippen molar-refractivity contribution >= 4 is 39.1 Å². The van der Waals surface area contributed by atoms with Crippen LogP contribution in [-0.4, -0.2) is 27.5 Å². The zero-order valence-electron chi connectivity index (χ0n) is 10.7. The summed E-state index contributed by atoms with van der Waals surface area (Å²) in [6, 6.07) is 0. The lowest BCUT2D eigenvalue weighted by molar-refractivity contribution is 0.803. The molecule has 5 heteroatoms. The third-order valence-electron chi connectivity index (χ3n) is 3.25. The summed E-state index contributed by atoms with van der Waals surface area (Å²) in [5.41, 5.74) is 1.27. The van der Waals surface area contributed by atoms with E-state index in [0.717, 1.165) is 28.3 Å². The summed E-state index contributed by atoms with van der Waals surface area (Å²) in [5.74, 6) is 3.18. The number of nitrogens with one attached hydrogen (secondary N) is 1. The molecule has 1 N–H and O–H groups in total. The smallest absolute Gasteiger partial charge is 0.138 e. The average molecular weight is 279 g/mol. The highest BCUT2D eigenvalue weighted by atomic mass is 32.2. The predicted octanol–water partition coefficient (Wildman–Crippen LogP) is 3.62. The second-order valence-corrected chi connectivity index (χ2v) is 7.00. The molecule has 1 aliphatic rings. The summed E-state index contributed by atoms with van der Waals surface area (Å²) >= 11 is 3.78. The van der Waals surface area contributed by atoms with E-state index >= 15 is 0 Å². The Bertz CT molecular complexity index is 559. The van der Waals surface area contributed by atoms with Gasteiger partial charge in [-0.05, 0) is 43.4 Å². The molecule has 3 heterocycles. The first kappa shape index (κ1) is 12.2. The quantitative estimate of drug-likeness (QED) is 0.931. The third kappa shape index (κ3) is 2.34. The van der Waals surface area contributed by atoms with Crippen LogP contribution in [0.25, 0.3) is 10.2 Å². The Labute approximate surface area is 115 Å². The summed E-state index contributed by atoms with van der Waals surface area (Å²) in [4.78, 5) is 10.2. The van der Waals surface area contributed by atoms with Gasteiger partial charge in [-0.25, -0.2) is 9.97 Å². The lowest BCUT2D eigenvalue weighted by Gasteiger charge is -2.12. The molecule has 3 nitrogen and oxygen atoms in total. The van der Waals surface area contributed by atoms with E-state index in [0.29, 0.717) is 0 Å². The zero-order chi connectivity index (χ0) is 12.5. The molecule has 0 amide bonds. The van der Waals surface area contributed by atoms with Crippen LogP contribution in [0, 0.1) is 13.8 Å². The minimum atomic E-state index is 0.745. The Morgan fingerprint density at radius 2 is 2.28 bits per heavy atom. The van der Waals surface area contributed by atoms with Crippen molar-refractivity contribution in [3.05, 3.63) is 16.8 Å². The minimum Gasteiger partial charge on any atom is -0.368 e. The number of nitrogens with zero attached hydrogens (tertiary/aromatic N) is 2. The van der Waals surface area contributed by atoms with Gasteiger partial charge in [0.25, 0.3) is 0 Å². The fourth-order valence-electron chi connectivity index (χ4n) is 2.33. The molecule has 0 bridgehead atoms. The van der Waals surface area contributed by atoms with Crippen molar-refractivity contribution in [3.63, 3.8) is 0 Å². The number of thioether (sulfide) groups is 1. The highest BCUT2D eigenvalue weighted by Crippen LogP contribution is 2.31. The van der Waals surface area contributed by atoms with E-state index in [4.69, 9.17) is 0 Å². The monoisotopic (exact) mass is 279 g/mol. The Morgan fingerprint density at radius 3 is 3.06 bits per heavy atom. The highest BCUT2D eigenvalue weighted by Gasteiger charge is 2.17. The molecule has 1 saturated heterocycles. The number of hydrogen-bond acceptors (Lipinski definition) is 5. The van der Waals surface area contributed by atoms with Crippen molar-refractivity contribution < 1.29 is 0 Å². The summed E-state index contributed by atoms with van der Waals surface area (Å²) in [5, 5.41) is 7.64. The van der Waals surface area contributed by atoms with Crippen molar-refractivity contribution in [2.24, 2.45) is 0 Å². The second kappa shape index (κ2) is 5.05. The molecule has 0 radical (unpaired) electrons. The molecule has 18 heavy (non-hydrogen) atoms. The lowest BCUT2D eigenvalue weighted by atomic mass is 10.2. The van der Waals surface area contributed by atoms with E-state index in [1.807, 2.05) is 6.92 Å². The van der Waals surface area contributed by atoms with E-state index in [9.17, 15) is 0 Å². The Hall–Kier alpha value is -0.810. The van der Waals surface area contributed by atoms with Gasteiger partial charge in [0, 0.05) is 11.8 Å². The Balaban J connectivity index is 1.87. The number of rotatable bonds is 3. The summed E-state index contributed by atoms with van der Waals surface area (Å²) < 4.78 is 0. The normalized spacial score (nSPS) is 19.6. The minimum absolute atomic E-state index is 0.745. The van der Waals surface area contributed by atoms with Crippen LogP contribution in [0.4, 0.5) is 5.82 Å². The van der Waals surface area contributed by atoms with Gasteiger partial charge in [0.2, 0.25) is 0 Å². The molecular formula is C13H17N3S2. The van der Waals surface area contributed by atoms with E-state index < -0.39 is 0 Å². The first-order valence-corrected chi connectivity index (χ1v) is 8.25. The van der Waals surface area contributed by atoms with Crippen molar-refractivity contribution in [2.75, 3.05) is 17.6 Å². The highest BCUT2D eigenvalue weighted by molar-refractivity contribution is 8.00. The van der Waals surface area contributed by atoms with Crippen LogP contribution in [0.5, 0.6) is 0 Å². The maximum Gasteiger partial charge on any atom is 0.138 e. The van der Waals surface area contributed by atoms with Crippen molar-refractivity contribution in [1.29, 1.82) is 0 Å². The number of aryl methyl sites for hydroxylation is 2. The molecule has 1 fully saturated rings. The maximum atomic E-state index is 4.57. The molecule has 96 valence electrons. The van der Waals surface area contributed by atoms with Crippen molar-refractivity contribution in [2.45, 2.75) is 31.9 Å². The molecule has 0 saturated carbocycles. The molecule has 1 atom stereocenters. The van der Waals surface area contributed by atoms with Crippen LogP contribution in [0.3, 0.4) is 0 Å². The van der Waals surface area contributed by atoms with E-state index in [1.54, 1.807) is 11.3 Å². The topological polar surface area (TPSA) is 37.8 Å². The van der Waals surface area contributed by atoms with Crippen LogP contribution in [-0.2, 0) is 0 Å². The van der Waals surface area contributed by atoms with Crippen LogP contribution in [0.1, 0.15) is 24.2 Å². The zero-order valence-corrected chi connectivity index (χ0v) is 12.3. The standard InChI is InChI=1S/C13H17N3S2/c1-8-7-18-13-11(8)12(15-9(2)16-13)14-6-10-4-3-5-17-10/h7,10H,3-6H2,1-2H3,(H,14,15,16). The SMILES string of the molecule is Cc1nc(NCC2CCCS2)c2c(C)csc2n1. The van der Waals surface area contributed by atoms with E-state index in [1.165, 1.54) is 29.5 Å². The van der Waals surface area contributed by atoms with Crippen molar-refractivity contribution in [1.82, 2.24) is 9.97 Å². The molecular weight excluding hydrogens is 262 g/mol. The third-order valence-corrected chi connectivity index (χ3v) is 5.64. The van der Waals surface area contributed by atoms with Gasteiger partial charge >= 0.3 is 0 Å².